The van der Waals surface area contributed by atoms with Crippen LogP contribution in [0.25, 0.3) is 0 Å². The van der Waals surface area contributed by atoms with Crippen LogP contribution in [0.2, 0.25) is 0 Å². The normalized spacial score (nSPS) is 24.1. The van der Waals surface area contributed by atoms with E-state index in [1.54, 1.807) is 0 Å². The summed E-state index contributed by atoms with van der Waals surface area (Å²) in [5.41, 5.74) is 0.852. The number of hydrogen-bond donors (Lipinski definition) is 1. The van der Waals surface area contributed by atoms with Gasteiger partial charge in [-0.05, 0) is 5.56 Å². The van der Waals surface area contributed by atoms with E-state index in [1.165, 1.54) is 0 Å². The van der Waals surface area contributed by atoms with Gasteiger partial charge in [0.2, 0.25) is 0 Å². The van der Waals surface area contributed by atoms with Crippen molar-refractivity contribution in [2.24, 2.45) is 0 Å². The molecule has 0 spiro atoms. The number of halogens is 2. The number of nitrogens with one attached hydrogen (secondary N) is 1. The van der Waals surface area contributed by atoms with Crippen molar-refractivity contribution in [3.63, 3.8) is 0 Å². The second-order valence-corrected chi connectivity index (χ2v) is 4.16. The predicted octanol–water partition coefficient (Wildman–Crippen LogP) is 1.73. The van der Waals surface area contributed by atoms with Gasteiger partial charge in [0.1, 0.15) is 6.04 Å². The van der Waals surface area contributed by atoms with Crippen LogP contribution in [0.1, 0.15) is 12.5 Å². The molecule has 92 valence electrons. The average Bonchev–Trinajstić information content (AvgIpc) is 2.26. The molecule has 1 aromatic rings. The van der Waals surface area contributed by atoms with Crippen LogP contribution in [0.5, 0.6) is 0 Å². The lowest BCUT2D eigenvalue weighted by Gasteiger charge is -2.39. The van der Waals surface area contributed by atoms with Crippen LogP contribution >= 0.6 is 0 Å². The average molecular weight is 241 g/mol. The van der Waals surface area contributed by atoms with Gasteiger partial charge in [-0.15, -0.1) is 0 Å². The van der Waals surface area contributed by atoms with E-state index in [9.17, 15) is 13.6 Å². The minimum absolute atomic E-state index is 0.158. The molecule has 0 aliphatic carbocycles. The third-order valence-corrected chi connectivity index (χ3v) is 2.68. The van der Waals surface area contributed by atoms with Crippen molar-refractivity contribution in [2.45, 2.75) is 31.6 Å². The van der Waals surface area contributed by atoms with Crippen molar-refractivity contribution in [1.29, 1.82) is 0 Å². The number of carbonyl (C=O) groups excluding carboxylic acids is 1. The fourth-order valence-corrected chi connectivity index (χ4v) is 1.69. The highest BCUT2D eigenvalue weighted by molar-refractivity contribution is 5.88. The van der Waals surface area contributed by atoms with Gasteiger partial charge in [-0.1, -0.05) is 30.3 Å². The van der Waals surface area contributed by atoms with E-state index in [0.717, 1.165) is 12.5 Å². The van der Waals surface area contributed by atoms with Gasteiger partial charge in [-0.3, -0.25) is 4.79 Å². The first-order valence-corrected chi connectivity index (χ1v) is 5.32. The maximum Gasteiger partial charge on any atom is 0.268 e. The number of alkyl halides is 2. The van der Waals surface area contributed by atoms with E-state index in [4.69, 9.17) is 4.74 Å². The fourth-order valence-electron chi connectivity index (χ4n) is 1.69. The zero-order valence-corrected chi connectivity index (χ0v) is 9.32. The fraction of sp³-hybridized carbons (Fsp3) is 0.417. The van der Waals surface area contributed by atoms with Crippen LogP contribution in [-0.4, -0.2) is 24.0 Å². The van der Waals surface area contributed by atoms with Crippen molar-refractivity contribution in [3.8, 4) is 0 Å². The summed E-state index contributed by atoms with van der Waals surface area (Å²) in [5.74, 6) is -3.44. The van der Waals surface area contributed by atoms with Gasteiger partial charge in [0.05, 0.1) is 6.61 Å². The summed E-state index contributed by atoms with van der Waals surface area (Å²) >= 11 is 0. The Morgan fingerprint density at radius 2 is 2.00 bits per heavy atom. The van der Waals surface area contributed by atoms with Crippen molar-refractivity contribution in [3.05, 3.63) is 35.9 Å². The van der Waals surface area contributed by atoms with Crippen LogP contribution < -0.4 is 5.32 Å². The first-order valence-electron chi connectivity index (χ1n) is 5.32. The summed E-state index contributed by atoms with van der Waals surface area (Å²) in [6.07, 6.45) is -1.06. The Hall–Kier alpha value is -1.49. The molecule has 17 heavy (non-hydrogen) atoms. The van der Waals surface area contributed by atoms with Crippen LogP contribution in [-0.2, 0) is 16.1 Å². The number of benzene rings is 1. The molecule has 1 heterocycles. The highest BCUT2D eigenvalue weighted by Gasteiger charge is 2.52. The number of hydrogen-bond acceptors (Lipinski definition) is 2. The highest BCUT2D eigenvalue weighted by Crippen LogP contribution is 2.27. The zero-order valence-electron chi connectivity index (χ0n) is 9.32. The Bertz CT molecular complexity index is 403. The van der Waals surface area contributed by atoms with Gasteiger partial charge in [-0.2, -0.15) is 0 Å². The van der Waals surface area contributed by atoms with E-state index in [-0.39, 0.29) is 6.61 Å². The SMILES string of the molecule is CC(F)(F)[C@H]1NC(=O)[C@H]1OCc1ccccc1. The number of rotatable bonds is 4. The zero-order chi connectivity index (χ0) is 12.5. The predicted molar refractivity (Wildman–Crippen MR) is 57.6 cm³/mol. The first kappa shape index (κ1) is 12.0. The summed E-state index contributed by atoms with van der Waals surface area (Å²) in [5, 5.41) is 2.16. The lowest BCUT2D eigenvalue weighted by atomic mass is 9.96. The van der Waals surface area contributed by atoms with Crippen LogP contribution in [0.4, 0.5) is 8.78 Å². The van der Waals surface area contributed by atoms with E-state index in [1.807, 2.05) is 30.3 Å². The molecule has 1 N–H and O–H groups in total. The van der Waals surface area contributed by atoms with E-state index >= 15 is 0 Å². The molecule has 2 atom stereocenters. The van der Waals surface area contributed by atoms with Crippen molar-refractivity contribution >= 4 is 5.91 Å². The van der Waals surface area contributed by atoms with Crippen LogP contribution in [0, 0.1) is 0 Å². The molecule has 2 rings (SSSR count). The third kappa shape index (κ3) is 2.61. The Labute approximate surface area is 97.8 Å². The maximum absolute atomic E-state index is 13.0. The number of amides is 1. The third-order valence-electron chi connectivity index (χ3n) is 2.68. The van der Waals surface area contributed by atoms with Gasteiger partial charge in [0.15, 0.2) is 6.10 Å². The largest absolute Gasteiger partial charge is 0.361 e. The molecular formula is C12H13F2NO2. The molecule has 1 aliphatic rings. The highest BCUT2D eigenvalue weighted by atomic mass is 19.3. The van der Waals surface area contributed by atoms with Crippen molar-refractivity contribution in [2.75, 3.05) is 0 Å². The molecule has 1 aliphatic heterocycles. The van der Waals surface area contributed by atoms with Gasteiger partial charge in [0, 0.05) is 6.92 Å². The molecule has 3 nitrogen and oxygen atoms in total. The van der Waals surface area contributed by atoms with E-state index < -0.39 is 24.0 Å². The lowest BCUT2D eigenvalue weighted by Crippen LogP contribution is -2.69. The molecule has 1 fully saturated rings. The molecule has 1 amide bonds. The summed E-state index contributed by atoms with van der Waals surface area (Å²) in [6, 6.07) is 7.91. The summed E-state index contributed by atoms with van der Waals surface area (Å²) in [4.78, 5) is 11.1. The molecule has 5 heteroatoms. The maximum atomic E-state index is 13.0. The quantitative estimate of drug-likeness (QED) is 0.815. The molecule has 0 aromatic heterocycles. The minimum atomic E-state index is -2.96. The Morgan fingerprint density at radius 1 is 1.35 bits per heavy atom. The molecule has 0 bridgehead atoms. The van der Waals surface area contributed by atoms with Gasteiger partial charge < -0.3 is 10.1 Å². The Balaban J connectivity index is 1.93. The van der Waals surface area contributed by atoms with Gasteiger partial charge >= 0.3 is 0 Å². The summed E-state index contributed by atoms with van der Waals surface area (Å²) in [7, 11) is 0. The Morgan fingerprint density at radius 3 is 2.53 bits per heavy atom. The molecule has 0 saturated carbocycles. The van der Waals surface area contributed by atoms with Crippen molar-refractivity contribution in [1.82, 2.24) is 5.32 Å². The van der Waals surface area contributed by atoms with Crippen LogP contribution in [0.15, 0.2) is 30.3 Å². The van der Waals surface area contributed by atoms with Crippen molar-refractivity contribution < 1.29 is 18.3 Å². The monoisotopic (exact) mass is 241 g/mol. The second-order valence-electron chi connectivity index (χ2n) is 4.16. The minimum Gasteiger partial charge on any atom is -0.361 e. The smallest absolute Gasteiger partial charge is 0.268 e. The Kier molecular flexibility index (Phi) is 3.11. The summed E-state index contributed by atoms with van der Waals surface area (Å²) in [6.45, 7) is 0.932. The lowest BCUT2D eigenvalue weighted by molar-refractivity contribution is -0.170. The second kappa shape index (κ2) is 4.41. The summed E-state index contributed by atoms with van der Waals surface area (Å²) < 4.78 is 31.3. The van der Waals surface area contributed by atoms with E-state index in [2.05, 4.69) is 5.32 Å². The number of β-lactam (4-membered cyclic amide) rings is 1. The van der Waals surface area contributed by atoms with E-state index in [0.29, 0.717) is 0 Å². The first-order chi connectivity index (χ1) is 7.98. The molecular weight excluding hydrogens is 228 g/mol. The molecule has 1 saturated heterocycles. The standard InChI is InChI=1S/C12H13F2NO2/c1-12(13,14)10-9(11(16)15-10)17-7-8-5-3-2-4-6-8/h2-6,9-10H,7H2,1H3,(H,15,16)/t9-,10-/m0/s1. The topological polar surface area (TPSA) is 38.3 Å². The van der Waals surface area contributed by atoms with Crippen LogP contribution in [0.3, 0.4) is 0 Å². The number of ether oxygens (including phenoxy) is 1. The molecule has 1 aromatic carbocycles. The van der Waals surface area contributed by atoms with Gasteiger partial charge in [-0.25, -0.2) is 8.78 Å². The molecule has 0 unspecified atom stereocenters. The molecule has 0 radical (unpaired) electrons. The van der Waals surface area contributed by atoms with Gasteiger partial charge in [0.25, 0.3) is 11.8 Å². The number of carbonyl (C=O) groups is 1.